The highest BCUT2D eigenvalue weighted by Crippen LogP contribution is 2.19. The lowest BCUT2D eigenvalue weighted by atomic mass is 10.3. The average Bonchev–Trinajstić information content (AvgIpc) is 2.63. The molecular weight excluding hydrogens is 355 g/mol. The Hall–Kier alpha value is -2.54. The fraction of sp³-hybridized carbons (Fsp3) is 0.263. The summed E-state index contributed by atoms with van der Waals surface area (Å²) in [5.41, 5.74) is 0.613. The van der Waals surface area contributed by atoms with E-state index in [1.165, 1.54) is 28.8 Å². The van der Waals surface area contributed by atoms with Crippen molar-refractivity contribution < 1.29 is 18.7 Å². The number of ether oxygens (including phenoxy) is 1. The Kier molecular flexibility index (Phi) is 7.47. The van der Waals surface area contributed by atoms with Crippen molar-refractivity contribution in [3.63, 3.8) is 0 Å². The van der Waals surface area contributed by atoms with Crippen LogP contribution in [0, 0.1) is 5.82 Å². The lowest BCUT2D eigenvalue weighted by Crippen LogP contribution is -2.35. The summed E-state index contributed by atoms with van der Waals surface area (Å²) in [6.07, 6.45) is 0.297. The standard InChI is InChI=1S/C19H21FN2O3S/c1-22(13-18(23)21-15-4-3-5-16(12-15)25-2)19(24)10-11-26-17-8-6-14(20)7-9-17/h3-9,12H,10-11,13H2,1-2H3,(H,21,23). The van der Waals surface area contributed by atoms with Crippen LogP contribution in [0.15, 0.2) is 53.4 Å². The van der Waals surface area contributed by atoms with Crippen molar-refractivity contribution in [2.75, 3.05) is 31.8 Å². The van der Waals surface area contributed by atoms with Gasteiger partial charge < -0.3 is 15.0 Å². The molecule has 26 heavy (non-hydrogen) atoms. The second-order valence-electron chi connectivity index (χ2n) is 5.58. The van der Waals surface area contributed by atoms with E-state index >= 15 is 0 Å². The molecule has 0 saturated heterocycles. The van der Waals surface area contributed by atoms with Gasteiger partial charge in [0.2, 0.25) is 11.8 Å². The van der Waals surface area contributed by atoms with Gasteiger partial charge in [-0.3, -0.25) is 9.59 Å². The van der Waals surface area contributed by atoms with Gasteiger partial charge in [-0.15, -0.1) is 11.8 Å². The summed E-state index contributed by atoms with van der Waals surface area (Å²) >= 11 is 1.47. The number of anilines is 1. The van der Waals surface area contributed by atoms with Gasteiger partial charge in [0.1, 0.15) is 11.6 Å². The maximum atomic E-state index is 12.8. The van der Waals surface area contributed by atoms with Crippen molar-refractivity contribution in [3.05, 3.63) is 54.3 Å². The van der Waals surface area contributed by atoms with Gasteiger partial charge in [0.05, 0.1) is 13.7 Å². The minimum Gasteiger partial charge on any atom is -0.497 e. The second kappa shape index (κ2) is 9.82. The molecule has 2 rings (SSSR count). The van der Waals surface area contributed by atoms with Gasteiger partial charge in [-0.2, -0.15) is 0 Å². The third-order valence-corrected chi connectivity index (χ3v) is 4.57. The number of nitrogens with zero attached hydrogens (tertiary/aromatic N) is 1. The van der Waals surface area contributed by atoms with E-state index in [1.807, 2.05) is 0 Å². The van der Waals surface area contributed by atoms with Crippen LogP contribution >= 0.6 is 11.8 Å². The Morgan fingerprint density at radius 3 is 2.62 bits per heavy atom. The summed E-state index contributed by atoms with van der Waals surface area (Å²) in [7, 11) is 3.15. The monoisotopic (exact) mass is 376 g/mol. The third-order valence-electron chi connectivity index (χ3n) is 3.56. The van der Waals surface area contributed by atoms with Crippen molar-refractivity contribution in [3.8, 4) is 5.75 Å². The lowest BCUT2D eigenvalue weighted by molar-refractivity contribution is -0.132. The van der Waals surface area contributed by atoms with Gasteiger partial charge in [-0.1, -0.05) is 6.07 Å². The van der Waals surface area contributed by atoms with E-state index in [1.54, 1.807) is 50.6 Å². The Balaban J connectivity index is 1.74. The van der Waals surface area contributed by atoms with E-state index in [0.717, 1.165) is 4.90 Å². The van der Waals surface area contributed by atoms with E-state index in [4.69, 9.17) is 4.74 Å². The van der Waals surface area contributed by atoms with Crippen LogP contribution < -0.4 is 10.1 Å². The number of nitrogens with one attached hydrogen (secondary N) is 1. The summed E-state index contributed by atoms with van der Waals surface area (Å²) < 4.78 is 18.0. The molecule has 0 aliphatic rings. The van der Waals surface area contributed by atoms with Gasteiger partial charge in [0.25, 0.3) is 0 Å². The van der Waals surface area contributed by atoms with Gasteiger partial charge in [0.15, 0.2) is 0 Å². The zero-order valence-corrected chi connectivity index (χ0v) is 15.5. The number of amides is 2. The molecule has 7 heteroatoms. The van der Waals surface area contributed by atoms with Gasteiger partial charge in [-0.05, 0) is 36.4 Å². The molecule has 0 aromatic heterocycles. The first-order valence-electron chi connectivity index (χ1n) is 8.04. The molecule has 0 radical (unpaired) electrons. The quantitative estimate of drug-likeness (QED) is 0.718. The Bertz CT molecular complexity index is 753. The Morgan fingerprint density at radius 2 is 1.92 bits per heavy atom. The van der Waals surface area contributed by atoms with E-state index in [9.17, 15) is 14.0 Å². The van der Waals surface area contributed by atoms with Crippen molar-refractivity contribution in [1.29, 1.82) is 0 Å². The van der Waals surface area contributed by atoms with Crippen LogP contribution in [-0.2, 0) is 9.59 Å². The predicted molar refractivity (Wildman–Crippen MR) is 101 cm³/mol. The lowest BCUT2D eigenvalue weighted by Gasteiger charge is -2.17. The van der Waals surface area contributed by atoms with E-state index in [2.05, 4.69) is 5.32 Å². The first kappa shape index (κ1) is 19.8. The molecule has 2 amide bonds. The molecule has 0 atom stereocenters. The number of thioether (sulfide) groups is 1. The van der Waals surface area contributed by atoms with Crippen LogP contribution in [0.1, 0.15) is 6.42 Å². The topological polar surface area (TPSA) is 58.6 Å². The minimum atomic E-state index is -0.285. The summed E-state index contributed by atoms with van der Waals surface area (Å²) in [5, 5.41) is 2.74. The number of halogens is 1. The average molecular weight is 376 g/mol. The van der Waals surface area contributed by atoms with Crippen LogP contribution in [0.4, 0.5) is 10.1 Å². The zero-order valence-electron chi connectivity index (χ0n) is 14.7. The molecular formula is C19H21FN2O3S. The largest absolute Gasteiger partial charge is 0.497 e. The van der Waals surface area contributed by atoms with Gasteiger partial charge >= 0.3 is 0 Å². The van der Waals surface area contributed by atoms with Crippen molar-refractivity contribution in [1.82, 2.24) is 4.90 Å². The summed E-state index contributed by atoms with van der Waals surface area (Å²) in [6, 6.07) is 13.1. The predicted octanol–water partition coefficient (Wildman–Crippen LogP) is 3.41. The zero-order chi connectivity index (χ0) is 18.9. The highest BCUT2D eigenvalue weighted by molar-refractivity contribution is 7.99. The van der Waals surface area contributed by atoms with E-state index in [0.29, 0.717) is 23.6 Å². The molecule has 5 nitrogen and oxygen atoms in total. The fourth-order valence-electron chi connectivity index (χ4n) is 2.18. The highest BCUT2D eigenvalue weighted by Gasteiger charge is 2.13. The second-order valence-corrected chi connectivity index (χ2v) is 6.75. The van der Waals surface area contributed by atoms with Crippen LogP contribution in [0.3, 0.4) is 0 Å². The molecule has 0 fully saturated rings. The maximum Gasteiger partial charge on any atom is 0.243 e. The van der Waals surface area contributed by atoms with Crippen LogP contribution in [0.25, 0.3) is 0 Å². The number of rotatable bonds is 8. The van der Waals surface area contributed by atoms with Crippen LogP contribution in [0.5, 0.6) is 5.75 Å². The van der Waals surface area contributed by atoms with Gasteiger partial charge in [0, 0.05) is 35.9 Å². The van der Waals surface area contributed by atoms with Crippen molar-refractivity contribution in [2.45, 2.75) is 11.3 Å². The minimum absolute atomic E-state index is 0.0305. The number of carbonyl (C=O) groups excluding carboxylic acids is 2. The van der Waals surface area contributed by atoms with Crippen molar-refractivity contribution >= 4 is 29.3 Å². The van der Waals surface area contributed by atoms with Crippen LogP contribution in [0.2, 0.25) is 0 Å². The van der Waals surface area contributed by atoms with E-state index in [-0.39, 0.29) is 24.2 Å². The number of benzene rings is 2. The molecule has 2 aromatic rings. The number of likely N-dealkylation sites (N-methyl/N-ethyl adjacent to an activating group) is 1. The smallest absolute Gasteiger partial charge is 0.243 e. The van der Waals surface area contributed by atoms with Crippen LogP contribution in [-0.4, -0.2) is 43.2 Å². The molecule has 0 aliphatic heterocycles. The van der Waals surface area contributed by atoms with Gasteiger partial charge in [-0.25, -0.2) is 4.39 Å². The first-order chi connectivity index (χ1) is 12.5. The number of hydrogen-bond acceptors (Lipinski definition) is 4. The van der Waals surface area contributed by atoms with E-state index < -0.39 is 0 Å². The summed E-state index contributed by atoms with van der Waals surface area (Å²) in [6.45, 7) is -0.0305. The van der Waals surface area contributed by atoms with Crippen molar-refractivity contribution in [2.24, 2.45) is 0 Å². The Morgan fingerprint density at radius 1 is 1.19 bits per heavy atom. The molecule has 2 aromatic carbocycles. The first-order valence-corrected chi connectivity index (χ1v) is 9.02. The molecule has 0 aliphatic carbocycles. The molecule has 0 saturated carbocycles. The molecule has 138 valence electrons. The number of carbonyl (C=O) groups is 2. The normalized spacial score (nSPS) is 10.3. The highest BCUT2D eigenvalue weighted by atomic mass is 32.2. The number of methoxy groups -OCH3 is 1. The molecule has 0 spiro atoms. The SMILES string of the molecule is COc1cccc(NC(=O)CN(C)C(=O)CCSc2ccc(F)cc2)c1. The number of hydrogen-bond donors (Lipinski definition) is 1. The summed E-state index contributed by atoms with van der Waals surface area (Å²) in [4.78, 5) is 26.5. The fourth-order valence-corrected chi connectivity index (χ4v) is 3.02. The Labute approximate surface area is 156 Å². The molecule has 0 unspecified atom stereocenters. The maximum absolute atomic E-state index is 12.8. The molecule has 0 heterocycles. The molecule has 0 bridgehead atoms. The molecule has 1 N–H and O–H groups in total. The third kappa shape index (κ3) is 6.40. The summed E-state index contributed by atoms with van der Waals surface area (Å²) in [5.74, 6) is 0.518.